The zero-order chi connectivity index (χ0) is 21.8. The van der Waals surface area contributed by atoms with E-state index in [9.17, 15) is 9.59 Å². The number of methoxy groups -OCH3 is 1. The minimum absolute atomic E-state index is 0.0483. The zero-order valence-electron chi connectivity index (χ0n) is 16.8. The monoisotopic (exact) mass is 437 g/mol. The number of fused-ring (bicyclic) bond motifs is 1. The number of aromatic nitrogens is 6. The van der Waals surface area contributed by atoms with Crippen LogP contribution in [-0.4, -0.2) is 48.5 Å². The summed E-state index contributed by atoms with van der Waals surface area (Å²) < 4.78 is 6.68. The summed E-state index contributed by atoms with van der Waals surface area (Å²) in [7, 11) is 1.59. The van der Waals surface area contributed by atoms with Crippen LogP contribution < -0.4 is 15.6 Å². The van der Waals surface area contributed by atoms with Crippen molar-refractivity contribution in [2.75, 3.05) is 18.2 Å². The minimum Gasteiger partial charge on any atom is -0.497 e. The number of nitrogens with zero attached hydrogens (tertiary/aromatic N) is 5. The van der Waals surface area contributed by atoms with Gasteiger partial charge in [-0.05, 0) is 24.6 Å². The molecule has 0 saturated carbocycles. The SMILES string of the molecule is COc1ccc(Cn2c(SCC(=O)Nc3cc(C)[nH]n3)nc3nccnc3c2=O)cc1. The molecule has 10 nitrogen and oxygen atoms in total. The summed E-state index contributed by atoms with van der Waals surface area (Å²) in [6.45, 7) is 2.11. The van der Waals surface area contributed by atoms with E-state index in [0.29, 0.717) is 11.0 Å². The number of amides is 1. The number of carbonyl (C=O) groups excluding carboxylic acids is 1. The molecule has 0 atom stereocenters. The Balaban J connectivity index is 1.61. The maximum Gasteiger partial charge on any atom is 0.282 e. The van der Waals surface area contributed by atoms with Crippen molar-refractivity contribution in [1.82, 2.24) is 29.7 Å². The number of carbonyl (C=O) groups is 1. The molecule has 0 aliphatic carbocycles. The number of hydrogen-bond donors (Lipinski definition) is 2. The van der Waals surface area contributed by atoms with Gasteiger partial charge in [-0.15, -0.1) is 0 Å². The van der Waals surface area contributed by atoms with Gasteiger partial charge in [0.05, 0.1) is 19.4 Å². The van der Waals surface area contributed by atoms with E-state index < -0.39 is 0 Å². The van der Waals surface area contributed by atoms with Gasteiger partial charge in [-0.1, -0.05) is 23.9 Å². The smallest absolute Gasteiger partial charge is 0.282 e. The molecule has 4 aromatic rings. The van der Waals surface area contributed by atoms with E-state index in [1.54, 1.807) is 13.2 Å². The van der Waals surface area contributed by atoms with Gasteiger partial charge < -0.3 is 10.1 Å². The largest absolute Gasteiger partial charge is 0.497 e. The van der Waals surface area contributed by atoms with E-state index in [1.165, 1.54) is 17.0 Å². The summed E-state index contributed by atoms with van der Waals surface area (Å²) in [5.74, 6) is 0.947. The lowest BCUT2D eigenvalue weighted by molar-refractivity contribution is -0.113. The predicted octanol–water partition coefficient (Wildman–Crippen LogP) is 2.01. The first kappa shape index (κ1) is 20.5. The highest BCUT2D eigenvalue weighted by atomic mass is 32.2. The lowest BCUT2D eigenvalue weighted by Crippen LogP contribution is -2.25. The fourth-order valence-corrected chi connectivity index (χ4v) is 3.67. The van der Waals surface area contributed by atoms with Crippen LogP contribution >= 0.6 is 11.8 Å². The fraction of sp³-hybridized carbons (Fsp3) is 0.200. The van der Waals surface area contributed by atoms with E-state index in [-0.39, 0.29) is 34.9 Å². The topological polar surface area (TPSA) is 128 Å². The maximum absolute atomic E-state index is 13.1. The molecule has 2 N–H and O–H groups in total. The fourth-order valence-electron chi connectivity index (χ4n) is 2.88. The summed E-state index contributed by atoms with van der Waals surface area (Å²) in [6, 6.07) is 9.11. The van der Waals surface area contributed by atoms with Crippen LogP contribution in [0.2, 0.25) is 0 Å². The second-order valence-corrected chi connectivity index (χ2v) is 7.58. The Kier molecular flexibility index (Phi) is 5.94. The normalized spacial score (nSPS) is 10.9. The predicted molar refractivity (Wildman–Crippen MR) is 116 cm³/mol. The van der Waals surface area contributed by atoms with Crippen LogP contribution in [0.4, 0.5) is 5.82 Å². The van der Waals surface area contributed by atoms with Crippen molar-refractivity contribution in [3.63, 3.8) is 0 Å². The van der Waals surface area contributed by atoms with Gasteiger partial charge in [0.25, 0.3) is 5.56 Å². The number of thioether (sulfide) groups is 1. The van der Waals surface area contributed by atoms with Gasteiger partial charge in [0.2, 0.25) is 5.91 Å². The molecule has 0 saturated heterocycles. The van der Waals surface area contributed by atoms with E-state index in [1.807, 2.05) is 31.2 Å². The van der Waals surface area contributed by atoms with Crippen LogP contribution in [0.1, 0.15) is 11.3 Å². The van der Waals surface area contributed by atoms with Crippen molar-refractivity contribution in [3.8, 4) is 5.75 Å². The van der Waals surface area contributed by atoms with Crippen molar-refractivity contribution in [2.24, 2.45) is 0 Å². The molecule has 0 unspecified atom stereocenters. The number of hydrogen-bond acceptors (Lipinski definition) is 8. The molecule has 0 aliphatic heterocycles. The highest BCUT2D eigenvalue weighted by Gasteiger charge is 2.16. The summed E-state index contributed by atoms with van der Waals surface area (Å²) >= 11 is 1.15. The molecule has 3 aromatic heterocycles. The second-order valence-electron chi connectivity index (χ2n) is 6.64. The molecule has 11 heteroatoms. The summed E-state index contributed by atoms with van der Waals surface area (Å²) in [4.78, 5) is 38.2. The van der Waals surface area contributed by atoms with Crippen molar-refractivity contribution >= 4 is 34.7 Å². The number of ether oxygens (including phenoxy) is 1. The summed E-state index contributed by atoms with van der Waals surface area (Å²) in [5.41, 5.74) is 1.82. The number of H-pyrrole nitrogens is 1. The van der Waals surface area contributed by atoms with E-state index in [4.69, 9.17) is 4.74 Å². The molecule has 3 heterocycles. The van der Waals surface area contributed by atoms with Gasteiger partial charge in [0.15, 0.2) is 22.1 Å². The number of aromatic amines is 1. The van der Waals surface area contributed by atoms with Gasteiger partial charge in [0.1, 0.15) is 5.75 Å². The van der Waals surface area contributed by atoms with Crippen molar-refractivity contribution in [2.45, 2.75) is 18.6 Å². The third-order valence-corrected chi connectivity index (χ3v) is 5.34. The maximum atomic E-state index is 13.1. The molecule has 0 aliphatic rings. The first-order chi connectivity index (χ1) is 15.0. The zero-order valence-corrected chi connectivity index (χ0v) is 17.6. The van der Waals surface area contributed by atoms with Gasteiger partial charge >= 0.3 is 0 Å². The third kappa shape index (κ3) is 4.72. The quantitative estimate of drug-likeness (QED) is 0.332. The average Bonchev–Trinajstić information content (AvgIpc) is 3.19. The van der Waals surface area contributed by atoms with Crippen molar-refractivity contribution in [1.29, 1.82) is 0 Å². The van der Waals surface area contributed by atoms with E-state index >= 15 is 0 Å². The Morgan fingerprint density at radius 2 is 2.00 bits per heavy atom. The summed E-state index contributed by atoms with van der Waals surface area (Å²) in [5, 5.41) is 9.84. The Morgan fingerprint density at radius 1 is 1.23 bits per heavy atom. The molecule has 31 heavy (non-hydrogen) atoms. The van der Waals surface area contributed by atoms with Gasteiger partial charge in [-0.3, -0.25) is 19.3 Å². The van der Waals surface area contributed by atoms with Crippen molar-refractivity contribution < 1.29 is 9.53 Å². The molecule has 0 spiro atoms. The van der Waals surface area contributed by atoms with Crippen LogP contribution in [0, 0.1) is 6.92 Å². The number of benzene rings is 1. The number of rotatable bonds is 7. The van der Waals surface area contributed by atoms with Crippen molar-refractivity contribution in [3.05, 3.63) is 64.3 Å². The highest BCUT2D eigenvalue weighted by molar-refractivity contribution is 7.99. The minimum atomic E-state index is -0.320. The molecule has 0 fully saturated rings. The van der Waals surface area contributed by atoms with Gasteiger partial charge in [0, 0.05) is 24.2 Å². The van der Waals surface area contributed by atoms with Crippen LogP contribution in [0.15, 0.2) is 52.7 Å². The Morgan fingerprint density at radius 3 is 2.71 bits per heavy atom. The number of aryl methyl sites for hydroxylation is 1. The second kappa shape index (κ2) is 8.96. The van der Waals surface area contributed by atoms with Crippen LogP contribution in [-0.2, 0) is 11.3 Å². The van der Waals surface area contributed by atoms with Crippen LogP contribution in [0.3, 0.4) is 0 Å². The Labute approximate surface area is 181 Å². The molecule has 158 valence electrons. The average molecular weight is 437 g/mol. The lowest BCUT2D eigenvalue weighted by Gasteiger charge is -2.12. The number of nitrogens with one attached hydrogen (secondary N) is 2. The highest BCUT2D eigenvalue weighted by Crippen LogP contribution is 2.19. The first-order valence-electron chi connectivity index (χ1n) is 9.32. The number of anilines is 1. The molecular formula is C20H19N7O3S. The first-order valence-corrected chi connectivity index (χ1v) is 10.3. The standard InChI is InChI=1S/C20H19N7O3S/c1-12-9-15(26-25-12)23-16(28)11-31-20-24-18-17(21-7-8-22-18)19(29)27(20)10-13-3-5-14(30-2)6-4-13/h3-9H,10-11H2,1-2H3,(H2,23,25,26,28). The molecule has 4 rings (SSSR count). The molecule has 0 radical (unpaired) electrons. The third-order valence-electron chi connectivity index (χ3n) is 4.36. The van der Waals surface area contributed by atoms with E-state index in [2.05, 4.69) is 30.5 Å². The van der Waals surface area contributed by atoms with E-state index in [0.717, 1.165) is 28.8 Å². The lowest BCUT2D eigenvalue weighted by atomic mass is 10.2. The Hall–Kier alpha value is -3.73. The Bertz CT molecular complexity index is 1280. The summed E-state index contributed by atoms with van der Waals surface area (Å²) in [6.07, 6.45) is 2.93. The molecule has 0 bridgehead atoms. The molecule has 1 amide bonds. The van der Waals surface area contributed by atoms with Crippen LogP contribution in [0.5, 0.6) is 5.75 Å². The van der Waals surface area contributed by atoms with Gasteiger partial charge in [-0.25, -0.2) is 15.0 Å². The van der Waals surface area contributed by atoms with Gasteiger partial charge in [-0.2, -0.15) is 5.10 Å². The van der Waals surface area contributed by atoms with Crippen LogP contribution in [0.25, 0.3) is 11.2 Å². The molecule has 1 aromatic carbocycles. The molecular weight excluding hydrogens is 418 g/mol.